The van der Waals surface area contributed by atoms with Crippen molar-refractivity contribution in [3.8, 4) is 0 Å². The Bertz CT molecular complexity index is 557. The highest BCUT2D eigenvalue weighted by Gasteiger charge is 2.15. The third-order valence-electron chi connectivity index (χ3n) is 2.64. The Labute approximate surface area is 111 Å². The molecule has 0 fully saturated rings. The second-order valence-corrected chi connectivity index (χ2v) is 6.18. The average molecular weight is 288 g/mol. The first-order chi connectivity index (χ1) is 8.58. The molecule has 0 bridgehead atoms. The van der Waals surface area contributed by atoms with Crippen LogP contribution in [-0.2, 0) is 10.0 Å². The van der Waals surface area contributed by atoms with Crippen molar-refractivity contribution >= 4 is 21.6 Å². The van der Waals surface area contributed by atoms with Crippen LogP contribution in [-0.4, -0.2) is 33.0 Å². The molecule has 0 unspecified atom stereocenters. The fourth-order valence-corrected chi connectivity index (χ4v) is 2.90. The van der Waals surface area contributed by atoms with Crippen LogP contribution in [0.2, 0.25) is 5.02 Å². The zero-order valence-electron chi connectivity index (χ0n) is 9.69. The summed E-state index contributed by atoms with van der Waals surface area (Å²) in [7, 11) is -3.54. The fourth-order valence-electron chi connectivity index (χ4n) is 1.64. The van der Waals surface area contributed by atoms with Gasteiger partial charge >= 0.3 is 0 Å². The van der Waals surface area contributed by atoms with E-state index in [0.717, 1.165) is 25.1 Å². The van der Waals surface area contributed by atoms with Crippen LogP contribution in [0.1, 0.15) is 6.42 Å². The van der Waals surface area contributed by atoms with Gasteiger partial charge in [-0.2, -0.15) is 0 Å². The molecule has 98 valence electrons. The maximum absolute atomic E-state index is 12.0. The lowest BCUT2D eigenvalue weighted by atomic mass is 10.1. The minimum Gasteiger partial charge on any atom is -0.313 e. The summed E-state index contributed by atoms with van der Waals surface area (Å²) in [5.41, 5.74) is 1.09. The van der Waals surface area contributed by atoms with Crippen molar-refractivity contribution in [3.63, 3.8) is 0 Å². The van der Waals surface area contributed by atoms with Gasteiger partial charge < -0.3 is 5.32 Å². The molecule has 2 rings (SSSR count). The molecule has 7 heteroatoms. The van der Waals surface area contributed by atoms with Gasteiger partial charge in [0.25, 0.3) is 0 Å². The molecule has 5 nitrogen and oxygen atoms in total. The maximum atomic E-state index is 12.0. The van der Waals surface area contributed by atoms with Gasteiger partial charge in [0.05, 0.1) is 5.02 Å². The van der Waals surface area contributed by atoms with Crippen molar-refractivity contribution in [2.24, 2.45) is 0 Å². The summed E-state index contributed by atoms with van der Waals surface area (Å²) in [6, 6.07) is 1.38. The van der Waals surface area contributed by atoms with E-state index in [0.29, 0.717) is 11.6 Å². The predicted molar refractivity (Wildman–Crippen MR) is 70.0 cm³/mol. The van der Waals surface area contributed by atoms with E-state index in [9.17, 15) is 8.42 Å². The first-order valence-electron chi connectivity index (χ1n) is 5.57. The summed E-state index contributed by atoms with van der Waals surface area (Å²) >= 11 is 5.73. The van der Waals surface area contributed by atoms with Gasteiger partial charge in [-0.1, -0.05) is 23.3 Å². The number of sulfonamides is 1. The van der Waals surface area contributed by atoms with Crippen molar-refractivity contribution in [1.29, 1.82) is 0 Å². The molecule has 0 saturated heterocycles. The predicted octanol–water partition coefficient (Wildman–Crippen LogP) is 0.933. The summed E-state index contributed by atoms with van der Waals surface area (Å²) in [5.74, 6) is 0. The van der Waals surface area contributed by atoms with Crippen molar-refractivity contribution in [2.45, 2.75) is 11.3 Å². The lowest BCUT2D eigenvalue weighted by molar-refractivity contribution is 0.582. The Balaban J connectivity index is 2.05. The van der Waals surface area contributed by atoms with Crippen LogP contribution >= 0.6 is 11.6 Å². The number of halogens is 1. The second-order valence-electron chi connectivity index (χ2n) is 3.98. The Kier molecular flexibility index (Phi) is 4.34. The van der Waals surface area contributed by atoms with Gasteiger partial charge in [-0.25, -0.2) is 13.1 Å². The van der Waals surface area contributed by atoms with Gasteiger partial charge in [-0.05, 0) is 19.0 Å². The Morgan fingerprint density at radius 1 is 1.44 bits per heavy atom. The van der Waals surface area contributed by atoms with Crippen LogP contribution in [0.25, 0.3) is 0 Å². The molecule has 0 amide bonds. The number of pyridine rings is 1. The monoisotopic (exact) mass is 287 g/mol. The number of hydrogen-bond acceptors (Lipinski definition) is 4. The van der Waals surface area contributed by atoms with Crippen LogP contribution < -0.4 is 10.0 Å². The minimum atomic E-state index is -3.54. The van der Waals surface area contributed by atoms with Crippen LogP contribution in [0.4, 0.5) is 0 Å². The highest BCUT2D eigenvalue weighted by atomic mass is 35.5. The van der Waals surface area contributed by atoms with E-state index in [1.165, 1.54) is 18.5 Å². The molecule has 0 spiro atoms. The second kappa shape index (κ2) is 5.79. The van der Waals surface area contributed by atoms with Crippen molar-refractivity contribution in [3.05, 3.63) is 35.1 Å². The molecule has 1 aromatic heterocycles. The molecule has 1 aliphatic heterocycles. The summed E-state index contributed by atoms with van der Waals surface area (Å²) in [6.45, 7) is 2.00. The van der Waals surface area contributed by atoms with Gasteiger partial charge in [-0.15, -0.1) is 0 Å². The quantitative estimate of drug-likeness (QED) is 0.809. The molecular weight excluding hydrogens is 274 g/mol. The van der Waals surface area contributed by atoms with E-state index < -0.39 is 10.0 Å². The standard InChI is InChI=1S/C11H14ClN3O2S/c12-10-5-11(8-14-7-10)18(16,17)15-6-9-1-3-13-4-2-9/h1,5,7-8,13,15H,2-4,6H2. The third-order valence-corrected chi connectivity index (χ3v) is 4.21. The van der Waals surface area contributed by atoms with E-state index >= 15 is 0 Å². The van der Waals surface area contributed by atoms with Gasteiger partial charge in [0.2, 0.25) is 10.0 Å². The van der Waals surface area contributed by atoms with Gasteiger partial charge in [-0.3, -0.25) is 4.98 Å². The third kappa shape index (κ3) is 3.52. The largest absolute Gasteiger partial charge is 0.313 e. The van der Waals surface area contributed by atoms with E-state index in [1.807, 2.05) is 6.08 Å². The van der Waals surface area contributed by atoms with Gasteiger partial charge in [0, 0.05) is 25.5 Å². The topological polar surface area (TPSA) is 71.1 Å². The van der Waals surface area contributed by atoms with E-state index in [-0.39, 0.29) is 4.90 Å². The molecular formula is C11H14ClN3O2S. The normalized spacial score (nSPS) is 16.4. The van der Waals surface area contributed by atoms with Crippen molar-refractivity contribution in [1.82, 2.24) is 15.0 Å². The smallest absolute Gasteiger partial charge is 0.242 e. The van der Waals surface area contributed by atoms with Crippen LogP contribution in [0.15, 0.2) is 35.0 Å². The molecule has 2 N–H and O–H groups in total. The maximum Gasteiger partial charge on any atom is 0.242 e. The van der Waals surface area contributed by atoms with Crippen LogP contribution in [0.5, 0.6) is 0 Å². The number of nitrogens with zero attached hydrogens (tertiary/aromatic N) is 1. The molecule has 1 aliphatic rings. The lowest BCUT2D eigenvalue weighted by Gasteiger charge is -2.14. The number of rotatable bonds is 4. The Morgan fingerprint density at radius 3 is 2.94 bits per heavy atom. The Morgan fingerprint density at radius 2 is 2.28 bits per heavy atom. The van der Waals surface area contributed by atoms with Crippen molar-refractivity contribution < 1.29 is 8.42 Å². The molecule has 1 aromatic rings. The lowest BCUT2D eigenvalue weighted by Crippen LogP contribution is -2.29. The molecule has 0 aromatic carbocycles. The van der Waals surface area contributed by atoms with Crippen LogP contribution in [0, 0.1) is 0 Å². The minimum absolute atomic E-state index is 0.0875. The first-order valence-corrected chi connectivity index (χ1v) is 7.43. The molecule has 18 heavy (non-hydrogen) atoms. The molecule has 2 heterocycles. The van der Waals surface area contributed by atoms with E-state index in [2.05, 4.69) is 15.0 Å². The average Bonchev–Trinajstić information content (AvgIpc) is 2.38. The Hall–Kier alpha value is -0.950. The number of aromatic nitrogens is 1. The van der Waals surface area contributed by atoms with Crippen LogP contribution in [0.3, 0.4) is 0 Å². The van der Waals surface area contributed by atoms with Gasteiger partial charge in [0.15, 0.2) is 0 Å². The van der Waals surface area contributed by atoms with Gasteiger partial charge in [0.1, 0.15) is 4.90 Å². The SMILES string of the molecule is O=S(=O)(NCC1=CCNCC1)c1cncc(Cl)c1. The summed E-state index contributed by atoms with van der Waals surface area (Å²) in [4.78, 5) is 3.86. The first kappa shape index (κ1) is 13.5. The molecule has 0 atom stereocenters. The summed E-state index contributed by atoms with van der Waals surface area (Å²) in [6.07, 6.45) is 5.54. The fraction of sp³-hybridized carbons (Fsp3) is 0.364. The zero-order chi connectivity index (χ0) is 13.0. The summed E-state index contributed by atoms with van der Waals surface area (Å²) < 4.78 is 26.5. The molecule has 0 radical (unpaired) electrons. The highest BCUT2D eigenvalue weighted by molar-refractivity contribution is 7.89. The van der Waals surface area contributed by atoms with E-state index in [4.69, 9.17) is 11.6 Å². The molecule has 0 saturated carbocycles. The van der Waals surface area contributed by atoms with E-state index in [1.54, 1.807) is 0 Å². The van der Waals surface area contributed by atoms with Crippen molar-refractivity contribution in [2.75, 3.05) is 19.6 Å². The highest BCUT2D eigenvalue weighted by Crippen LogP contribution is 2.13. The molecule has 0 aliphatic carbocycles. The number of hydrogen-bond donors (Lipinski definition) is 2. The number of nitrogens with one attached hydrogen (secondary N) is 2. The zero-order valence-corrected chi connectivity index (χ0v) is 11.3. The summed E-state index contributed by atoms with van der Waals surface area (Å²) in [5, 5.41) is 3.47.